The highest BCUT2D eigenvalue weighted by molar-refractivity contribution is 9.10. The summed E-state index contributed by atoms with van der Waals surface area (Å²) in [6.07, 6.45) is 0. The third kappa shape index (κ3) is 4.35. The van der Waals surface area contributed by atoms with Crippen molar-refractivity contribution in [1.82, 2.24) is 4.90 Å². The normalized spacial score (nSPS) is 15.8. The second-order valence-corrected chi connectivity index (χ2v) is 9.12. The minimum absolute atomic E-state index is 0.00487. The first-order valence-corrected chi connectivity index (χ1v) is 12.0. The number of amides is 1. The summed E-state index contributed by atoms with van der Waals surface area (Å²) in [7, 11) is 0. The van der Waals surface area contributed by atoms with Crippen LogP contribution in [0.25, 0.3) is 11.0 Å². The van der Waals surface area contributed by atoms with Gasteiger partial charge in [-0.05, 0) is 54.4 Å². The van der Waals surface area contributed by atoms with Crippen LogP contribution in [-0.2, 0) is 11.3 Å². The fourth-order valence-electron chi connectivity index (χ4n) is 4.34. The Morgan fingerprint density at radius 3 is 2.51 bits per heavy atom. The molecule has 7 heteroatoms. The molecular weight excluding hydrogens is 510 g/mol. The maximum absolute atomic E-state index is 13.6. The van der Waals surface area contributed by atoms with Gasteiger partial charge in [0.1, 0.15) is 11.3 Å². The third-order valence-corrected chi connectivity index (χ3v) is 6.45. The van der Waals surface area contributed by atoms with Gasteiger partial charge in [-0.2, -0.15) is 0 Å². The number of aliphatic hydroxyl groups excluding tert-OH is 1. The molecule has 35 heavy (non-hydrogen) atoms. The molecule has 1 unspecified atom stereocenters. The second kappa shape index (κ2) is 9.43. The van der Waals surface area contributed by atoms with Crippen LogP contribution in [0.15, 0.2) is 99.1 Å². The molecule has 0 aliphatic carbocycles. The monoisotopic (exact) mass is 531 g/mol. The van der Waals surface area contributed by atoms with Crippen LogP contribution in [-0.4, -0.2) is 28.3 Å². The van der Waals surface area contributed by atoms with E-state index in [-0.39, 0.29) is 17.9 Å². The Balaban J connectivity index is 1.53. The van der Waals surface area contributed by atoms with E-state index in [1.807, 2.05) is 73.7 Å². The van der Waals surface area contributed by atoms with Crippen molar-refractivity contribution in [2.45, 2.75) is 19.5 Å². The summed E-state index contributed by atoms with van der Waals surface area (Å²) in [6, 6.07) is 22.9. The number of ketones is 1. The SMILES string of the molecule is CCOc1ccc(CN2C(=O)C(O)=C(C(=O)c3cc4cc(Br)ccc4o3)C2c2ccccc2)cc1. The molecule has 6 nitrogen and oxygen atoms in total. The average molecular weight is 532 g/mol. The number of fused-ring (bicyclic) bond motifs is 1. The number of carbonyl (C=O) groups is 2. The lowest BCUT2D eigenvalue weighted by Gasteiger charge is -2.27. The van der Waals surface area contributed by atoms with Crippen LogP contribution in [0.2, 0.25) is 0 Å². The van der Waals surface area contributed by atoms with Gasteiger partial charge in [0.05, 0.1) is 18.2 Å². The van der Waals surface area contributed by atoms with E-state index in [1.165, 1.54) is 4.90 Å². The summed E-state index contributed by atoms with van der Waals surface area (Å²) in [5.74, 6) is -0.883. The van der Waals surface area contributed by atoms with E-state index in [4.69, 9.17) is 9.15 Å². The van der Waals surface area contributed by atoms with Gasteiger partial charge in [-0.1, -0.05) is 58.4 Å². The number of Topliss-reactive ketones (excluding diaryl/α,β-unsaturated/α-hetero) is 1. The molecule has 0 radical (unpaired) electrons. The molecule has 1 aliphatic heterocycles. The lowest BCUT2D eigenvalue weighted by atomic mass is 9.95. The van der Waals surface area contributed by atoms with Crippen molar-refractivity contribution >= 4 is 38.6 Å². The summed E-state index contributed by atoms with van der Waals surface area (Å²) in [5, 5.41) is 11.6. The lowest BCUT2D eigenvalue weighted by molar-refractivity contribution is -0.130. The molecule has 0 saturated carbocycles. The molecule has 1 aromatic heterocycles. The highest BCUT2D eigenvalue weighted by Crippen LogP contribution is 2.40. The summed E-state index contributed by atoms with van der Waals surface area (Å²) < 4.78 is 12.2. The van der Waals surface area contributed by atoms with Crippen LogP contribution in [0.1, 0.15) is 34.6 Å². The van der Waals surface area contributed by atoms with Crippen molar-refractivity contribution in [2.24, 2.45) is 0 Å². The number of carbonyl (C=O) groups excluding carboxylic acids is 2. The number of hydrogen-bond donors (Lipinski definition) is 1. The van der Waals surface area contributed by atoms with Crippen molar-refractivity contribution in [3.05, 3.63) is 112 Å². The Labute approximate surface area is 210 Å². The van der Waals surface area contributed by atoms with E-state index in [2.05, 4.69) is 15.9 Å². The molecular formula is C28H22BrNO5. The third-order valence-electron chi connectivity index (χ3n) is 5.95. The molecule has 0 bridgehead atoms. The van der Waals surface area contributed by atoms with Crippen molar-refractivity contribution in [1.29, 1.82) is 0 Å². The largest absolute Gasteiger partial charge is 0.503 e. The van der Waals surface area contributed by atoms with E-state index >= 15 is 0 Å². The van der Waals surface area contributed by atoms with Gasteiger partial charge in [0.15, 0.2) is 11.5 Å². The van der Waals surface area contributed by atoms with Gasteiger partial charge < -0.3 is 19.2 Å². The number of aliphatic hydroxyl groups is 1. The number of halogens is 1. The van der Waals surface area contributed by atoms with Crippen LogP contribution >= 0.6 is 15.9 Å². The van der Waals surface area contributed by atoms with E-state index < -0.39 is 23.5 Å². The molecule has 1 amide bonds. The maximum Gasteiger partial charge on any atom is 0.290 e. The molecule has 5 rings (SSSR count). The fraction of sp³-hybridized carbons (Fsp3) is 0.143. The Morgan fingerprint density at radius 1 is 1.06 bits per heavy atom. The maximum atomic E-state index is 13.6. The number of ether oxygens (including phenoxy) is 1. The predicted molar refractivity (Wildman–Crippen MR) is 135 cm³/mol. The van der Waals surface area contributed by atoms with Crippen LogP contribution in [0, 0.1) is 0 Å². The Hall–Kier alpha value is -3.84. The summed E-state index contributed by atoms with van der Waals surface area (Å²) in [4.78, 5) is 28.4. The van der Waals surface area contributed by atoms with Gasteiger partial charge in [-0.25, -0.2) is 0 Å². The standard InChI is InChI=1S/C28H22BrNO5/c1-2-34-21-11-8-17(9-12-21)16-30-25(18-6-4-3-5-7-18)24(27(32)28(30)33)26(31)23-15-19-14-20(29)10-13-22(19)35-23/h3-15,25,32H,2,16H2,1H3. The highest BCUT2D eigenvalue weighted by atomic mass is 79.9. The highest BCUT2D eigenvalue weighted by Gasteiger charge is 2.44. The minimum atomic E-state index is -0.761. The molecule has 1 atom stereocenters. The lowest BCUT2D eigenvalue weighted by Crippen LogP contribution is -2.30. The quantitative estimate of drug-likeness (QED) is 0.280. The van der Waals surface area contributed by atoms with Crippen molar-refractivity contribution < 1.29 is 23.8 Å². The Morgan fingerprint density at radius 2 is 1.80 bits per heavy atom. The van der Waals surface area contributed by atoms with E-state index in [0.29, 0.717) is 12.2 Å². The van der Waals surface area contributed by atoms with E-state index in [0.717, 1.165) is 26.7 Å². The van der Waals surface area contributed by atoms with Gasteiger partial charge in [-0.3, -0.25) is 9.59 Å². The summed E-state index contributed by atoms with van der Waals surface area (Å²) in [5.41, 5.74) is 2.12. The van der Waals surface area contributed by atoms with E-state index in [1.54, 1.807) is 12.1 Å². The van der Waals surface area contributed by atoms with Gasteiger partial charge in [0.25, 0.3) is 5.91 Å². The average Bonchev–Trinajstić information content (AvgIpc) is 3.39. The molecule has 3 aromatic carbocycles. The van der Waals surface area contributed by atoms with Crippen LogP contribution in [0.4, 0.5) is 0 Å². The molecule has 0 spiro atoms. The molecule has 0 fully saturated rings. The first-order valence-electron chi connectivity index (χ1n) is 11.2. The zero-order chi connectivity index (χ0) is 24.5. The van der Waals surface area contributed by atoms with Crippen molar-refractivity contribution in [3.63, 3.8) is 0 Å². The molecule has 2 heterocycles. The summed E-state index contributed by atoms with van der Waals surface area (Å²) >= 11 is 3.42. The number of benzene rings is 3. The van der Waals surface area contributed by atoms with Crippen molar-refractivity contribution in [3.8, 4) is 5.75 Å². The topological polar surface area (TPSA) is 80.0 Å². The fourth-order valence-corrected chi connectivity index (χ4v) is 4.72. The Kier molecular flexibility index (Phi) is 6.17. The molecule has 0 saturated heterocycles. The first kappa shape index (κ1) is 22.9. The van der Waals surface area contributed by atoms with Crippen LogP contribution in [0.3, 0.4) is 0 Å². The molecule has 1 aliphatic rings. The first-order chi connectivity index (χ1) is 17.0. The second-order valence-electron chi connectivity index (χ2n) is 8.21. The van der Waals surface area contributed by atoms with Gasteiger partial charge in [-0.15, -0.1) is 0 Å². The van der Waals surface area contributed by atoms with Crippen LogP contribution in [0.5, 0.6) is 5.75 Å². The summed E-state index contributed by atoms with van der Waals surface area (Å²) in [6.45, 7) is 2.68. The van der Waals surface area contributed by atoms with Crippen LogP contribution < -0.4 is 4.74 Å². The van der Waals surface area contributed by atoms with Gasteiger partial charge in [0, 0.05) is 16.4 Å². The van der Waals surface area contributed by atoms with E-state index in [9.17, 15) is 14.7 Å². The number of nitrogens with zero attached hydrogens (tertiary/aromatic N) is 1. The predicted octanol–water partition coefficient (Wildman–Crippen LogP) is 6.37. The molecule has 176 valence electrons. The minimum Gasteiger partial charge on any atom is -0.503 e. The zero-order valence-corrected chi connectivity index (χ0v) is 20.5. The smallest absolute Gasteiger partial charge is 0.290 e. The van der Waals surface area contributed by atoms with Gasteiger partial charge >= 0.3 is 0 Å². The zero-order valence-electron chi connectivity index (χ0n) is 18.9. The number of furan rings is 1. The molecule has 1 N–H and O–H groups in total. The Bertz CT molecular complexity index is 1440. The number of hydrogen-bond acceptors (Lipinski definition) is 5. The molecule has 4 aromatic rings. The van der Waals surface area contributed by atoms with Gasteiger partial charge in [0.2, 0.25) is 5.78 Å². The van der Waals surface area contributed by atoms with Crippen molar-refractivity contribution in [2.75, 3.05) is 6.61 Å². The number of rotatable bonds is 7.